The van der Waals surface area contributed by atoms with Gasteiger partial charge in [0.15, 0.2) is 11.5 Å². The topological polar surface area (TPSA) is 52.6 Å². The van der Waals surface area contributed by atoms with Crippen molar-refractivity contribution in [2.75, 3.05) is 7.11 Å². The lowest BCUT2D eigenvalue weighted by molar-refractivity contribution is -0.0501. The number of halogens is 6. The van der Waals surface area contributed by atoms with Crippen LogP contribution in [0.25, 0.3) is 0 Å². The van der Waals surface area contributed by atoms with E-state index in [2.05, 4.69) is 8.92 Å². The van der Waals surface area contributed by atoms with Crippen LogP contribution < -0.4 is 8.92 Å². The van der Waals surface area contributed by atoms with Gasteiger partial charge in [-0.3, -0.25) is 0 Å². The lowest BCUT2D eigenvalue weighted by Gasteiger charge is -2.15. The van der Waals surface area contributed by atoms with Crippen LogP contribution in [0.3, 0.4) is 0 Å². The van der Waals surface area contributed by atoms with Crippen molar-refractivity contribution < 1.29 is 39.3 Å². The summed E-state index contributed by atoms with van der Waals surface area (Å²) in [5.41, 5.74) is -6.90. The molecule has 0 aliphatic heterocycles. The molecular formula is C9H6ClF5O4S. The van der Waals surface area contributed by atoms with Gasteiger partial charge in [0.2, 0.25) is 0 Å². The van der Waals surface area contributed by atoms with Crippen LogP contribution in [0, 0.1) is 0 Å². The lowest BCUT2D eigenvalue weighted by atomic mass is 10.2. The number of rotatable bonds is 4. The molecule has 0 saturated carbocycles. The lowest BCUT2D eigenvalue weighted by Crippen LogP contribution is -2.28. The molecule has 0 unspecified atom stereocenters. The van der Waals surface area contributed by atoms with Crippen LogP contribution in [0.4, 0.5) is 22.0 Å². The average molecular weight is 341 g/mol. The van der Waals surface area contributed by atoms with Gasteiger partial charge >= 0.3 is 15.6 Å². The van der Waals surface area contributed by atoms with E-state index >= 15 is 0 Å². The Morgan fingerprint density at radius 2 is 1.80 bits per heavy atom. The zero-order chi connectivity index (χ0) is 15.7. The van der Waals surface area contributed by atoms with Gasteiger partial charge in [-0.25, -0.2) is 8.78 Å². The Morgan fingerprint density at radius 3 is 2.20 bits per heavy atom. The van der Waals surface area contributed by atoms with E-state index in [4.69, 9.17) is 11.6 Å². The van der Waals surface area contributed by atoms with Gasteiger partial charge in [-0.05, 0) is 6.07 Å². The molecule has 0 fully saturated rings. The maximum Gasteiger partial charge on any atom is 0.534 e. The van der Waals surface area contributed by atoms with Gasteiger partial charge in [0.05, 0.1) is 12.7 Å². The summed E-state index contributed by atoms with van der Waals surface area (Å²) in [7, 11) is -5.18. The maximum absolute atomic E-state index is 12.7. The van der Waals surface area contributed by atoms with Crippen molar-refractivity contribution in [3.8, 4) is 11.5 Å². The molecule has 4 nitrogen and oxygen atoms in total. The van der Waals surface area contributed by atoms with E-state index in [1.165, 1.54) is 0 Å². The summed E-state index contributed by atoms with van der Waals surface area (Å²) >= 11 is 5.47. The fourth-order valence-corrected chi connectivity index (χ4v) is 1.86. The second kappa shape index (κ2) is 5.60. The SMILES string of the molecule is COc1cc(Cl)cc(C(F)F)c1OS(=O)(=O)C(F)(F)F. The number of hydrogen-bond acceptors (Lipinski definition) is 4. The minimum atomic E-state index is -6.11. The van der Waals surface area contributed by atoms with Gasteiger partial charge in [-0.1, -0.05) is 11.6 Å². The third-order valence-electron chi connectivity index (χ3n) is 1.98. The first kappa shape index (κ1) is 16.8. The molecule has 20 heavy (non-hydrogen) atoms. The van der Waals surface area contributed by atoms with Crippen LogP contribution >= 0.6 is 11.6 Å². The van der Waals surface area contributed by atoms with E-state index < -0.39 is 39.1 Å². The largest absolute Gasteiger partial charge is 0.534 e. The van der Waals surface area contributed by atoms with Gasteiger partial charge in [0.1, 0.15) is 0 Å². The van der Waals surface area contributed by atoms with Crippen molar-refractivity contribution in [3.63, 3.8) is 0 Å². The zero-order valence-electron chi connectivity index (χ0n) is 9.54. The molecule has 0 aromatic heterocycles. The Hall–Kier alpha value is -1.29. The molecule has 114 valence electrons. The summed E-state index contributed by atoms with van der Waals surface area (Å²) in [6, 6.07) is 1.42. The molecule has 0 aliphatic carbocycles. The first-order valence-electron chi connectivity index (χ1n) is 4.66. The number of methoxy groups -OCH3 is 1. The number of ether oxygens (including phenoxy) is 1. The fraction of sp³-hybridized carbons (Fsp3) is 0.333. The number of alkyl halides is 5. The van der Waals surface area contributed by atoms with Crippen LogP contribution in [0.2, 0.25) is 5.02 Å². The molecule has 0 bridgehead atoms. The standard InChI is InChI=1S/C9H6ClF5O4S/c1-18-6-3-4(10)2-5(8(11)12)7(6)19-20(16,17)9(13,14)15/h2-3,8H,1H3. The average Bonchev–Trinajstić information content (AvgIpc) is 2.28. The molecule has 1 aromatic rings. The van der Waals surface area contributed by atoms with Gasteiger partial charge in [0, 0.05) is 11.1 Å². The number of hydrogen-bond donors (Lipinski definition) is 0. The summed E-state index contributed by atoms with van der Waals surface area (Å²) in [5, 5.41) is -0.283. The Bertz CT molecular complexity index is 599. The highest BCUT2D eigenvalue weighted by Crippen LogP contribution is 2.42. The Kier molecular flexibility index (Phi) is 4.70. The molecule has 0 aliphatic rings. The van der Waals surface area contributed by atoms with Gasteiger partial charge in [0.25, 0.3) is 6.43 Å². The summed E-state index contributed by atoms with van der Waals surface area (Å²) in [6.45, 7) is 0. The maximum atomic E-state index is 12.7. The zero-order valence-corrected chi connectivity index (χ0v) is 11.1. The van der Waals surface area contributed by atoms with Gasteiger partial charge in [-0.15, -0.1) is 0 Å². The molecule has 11 heteroatoms. The highest BCUT2D eigenvalue weighted by atomic mass is 35.5. The summed E-state index contributed by atoms with van der Waals surface area (Å²) in [6.07, 6.45) is -3.32. The van der Waals surface area contributed by atoms with E-state index in [-0.39, 0.29) is 5.02 Å². The molecule has 1 aromatic carbocycles. The summed E-state index contributed by atoms with van der Waals surface area (Å²) < 4.78 is 92.0. The Balaban J connectivity index is 3.44. The van der Waals surface area contributed by atoms with Crippen LogP contribution in [-0.2, 0) is 10.1 Å². The molecule has 0 amide bonds. The Labute approximate surface area is 115 Å². The van der Waals surface area contributed by atoms with Crippen LogP contribution in [0.15, 0.2) is 12.1 Å². The number of benzene rings is 1. The predicted octanol–water partition coefficient (Wildman–Crippen LogP) is 3.51. The quantitative estimate of drug-likeness (QED) is 0.478. The highest BCUT2D eigenvalue weighted by molar-refractivity contribution is 7.88. The van der Waals surface area contributed by atoms with Gasteiger partial charge < -0.3 is 8.92 Å². The van der Waals surface area contributed by atoms with Crippen LogP contribution in [0.1, 0.15) is 12.0 Å². The van der Waals surface area contributed by atoms with Crippen molar-refractivity contribution in [3.05, 3.63) is 22.7 Å². The summed E-state index contributed by atoms with van der Waals surface area (Å²) in [5.74, 6) is -1.93. The molecule has 1 rings (SSSR count). The molecule has 0 atom stereocenters. The molecule has 0 spiro atoms. The van der Waals surface area contributed by atoms with E-state index in [1.54, 1.807) is 0 Å². The van der Waals surface area contributed by atoms with Crippen molar-refractivity contribution in [2.24, 2.45) is 0 Å². The van der Waals surface area contributed by atoms with Gasteiger partial charge in [-0.2, -0.15) is 21.6 Å². The minimum Gasteiger partial charge on any atom is -0.493 e. The van der Waals surface area contributed by atoms with Crippen LogP contribution in [0.5, 0.6) is 11.5 Å². The second-order valence-corrected chi connectivity index (χ2v) is 5.28. The molecule has 0 radical (unpaired) electrons. The monoisotopic (exact) mass is 340 g/mol. The van der Waals surface area contributed by atoms with Crippen molar-refractivity contribution >= 4 is 21.7 Å². The van der Waals surface area contributed by atoms with E-state index in [0.29, 0.717) is 6.07 Å². The Morgan fingerprint density at radius 1 is 1.25 bits per heavy atom. The van der Waals surface area contributed by atoms with Crippen molar-refractivity contribution in [2.45, 2.75) is 11.9 Å². The summed E-state index contributed by atoms with van der Waals surface area (Å²) in [4.78, 5) is 0. The van der Waals surface area contributed by atoms with E-state index in [9.17, 15) is 30.4 Å². The van der Waals surface area contributed by atoms with Crippen molar-refractivity contribution in [1.29, 1.82) is 0 Å². The minimum absolute atomic E-state index is 0.283. The third-order valence-corrected chi connectivity index (χ3v) is 3.15. The van der Waals surface area contributed by atoms with E-state index in [0.717, 1.165) is 13.2 Å². The molecule has 0 N–H and O–H groups in total. The van der Waals surface area contributed by atoms with Crippen LogP contribution in [-0.4, -0.2) is 21.0 Å². The first-order valence-corrected chi connectivity index (χ1v) is 6.44. The molecule has 0 heterocycles. The highest BCUT2D eigenvalue weighted by Gasteiger charge is 2.49. The molecule has 0 saturated heterocycles. The normalized spacial score (nSPS) is 12.6. The fourth-order valence-electron chi connectivity index (χ4n) is 1.15. The molecular weight excluding hydrogens is 335 g/mol. The van der Waals surface area contributed by atoms with E-state index in [1.807, 2.05) is 0 Å². The smallest absolute Gasteiger partial charge is 0.493 e. The predicted molar refractivity (Wildman–Crippen MR) is 58.6 cm³/mol. The third kappa shape index (κ3) is 3.42. The first-order chi connectivity index (χ1) is 8.99. The second-order valence-electron chi connectivity index (χ2n) is 3.31. The van der Waals surface area contributed by atoms with Crippen molar-refractivity contribution in [1.82, 2.24) is 0 Å².